The van der Waals surface area contributed by atoms with Gasteiger partial charge < -0.3 is 0 Å². The maximum absolute atomic E-state index is 13.3. The van der Waals surface area contributed by atoms with E-state index in [1.54, 1.807) is 72.8 Å². The Kier molecular flexibility index (Phi) is 3.55. The zero-order valence-electron chi connectivity index (χ0n) is 15.9. The molecule has 0 N–H and O–H groups in total. The fraction of sp³-hybridized carbons (Fsp3) is 0. The standard InChI is InChI=1S/C24H12N2O4S/c27-21-15-11-12-16-18-17(15)19(23(29)25(21)13-7-3-1-4-8-13)31-20(18)24(30)26(22(16)28)14-9-5-2-6-10-14/h1-12H. The van der Waals surface area contributed by atoms with Crippen LogP contribution in [0.3, 0.4) is 0 Å². The average molecular weight is 424 g/mol. The molecule has 0 atom stereocenters. The summed E-state index contributed by atoms with van der Waals surface area (Å²) in [6.07, 6.45) is 0. The van der Waals surface area contributed by atoms with Crippen LogP contribution < -0.4 is 9.80 Å². The summed E-state index contributed by atoms with van der Waals surface area (Å²) >= 11 is 1.03. The zero-order valence-corrected chi connectivity index (χ0v) is 16.7. The van der Waals surface area contributed by atoms with E-state index >= 15 is 0 Å². The summed E-state index contributed by atoms with van der Waals surface area (Å²) in [7, 11) is 0. The number of anilines is 2. The third kappa shape index (κ3) is 2.26. The summed E-state index contributed by atoms with van der Waals surface area (Å²) in [5.74, 6) is -1.92. The van der Waals surface area contributed by atoms with Gasteiger partial charge in [0.05, 0.1) is 11.4 Å². The van der Waals surface area contributed by atoms with Crippen LogP contribution in [0.15, 0.2) is 72.8 Å². The van der Waals surface area contributed by atoms with Crippen molar-refractivity contribution in [3.8, 4) is 0 Å². The Hall–Kier alpha value is -4.10. The molecule has 6 nitrogen and oxygen atoms in total. The first kappa shape index (κ1) is 17.7. The van der Waals surface area contributed by atoms with E-state index in [0.29, 0.717) is 43.0 Å². The molecule has 0 spiro atoms. The molecule has 1 aromatic heterocycles. The molecule has 0 bridgehead atoms. The van der Waals surface area contributed by atoms with Crippen molar-refractivity contribution in [3.05, 3.63) is 93.7 Å². The van der Waals surface area contributed by atoms with E-state index in [2.05, 4.69) is 0 Å². The maximum Gasteiger partial charge on any atom is 0.276 e. The highest BCUT2D eigenvalue weighted by Gasteiger charge is 2.43. The molecule has 31 heavy (non-hydrogen) atoms. The van der Waals surface area contributed by atoms with Gasteiger partial charge in [0.2, 0.25) is 0 Å². The fourth-order valence-electron chi connectivity index (χ4n) is 4.19. The van der Waals surface area contributed by atoms with Gasteiger partial charge in [-0.3, -0.25) is 19.2 Å². The Bertz CT molecular complexity index is 1350. The minimum atomic E-state index is -0.490. The van der Waals surface area contributed by atoms with Gasteiger partial charge in [-0.25, -0.2) is 9.80 Å². The van der Waals surface area contributed by atoms with Gasteiger partial charge in [0, 0.05) is 21.9 Å². The Morgan fingerprint density at radius 2 is 0.871 bits per heavy atom. The Labute approximate surface area is 179 Å². The Morgan fingerprint density at radius 3 is 1.26 bits per heavy atom. The summed E-state index contributed by atoms with van der Waals surface area (Å²) in [4.78, 5) is 55.9. The largest absolute Gasteiger partial charge is 0.276 e. The first-order chi connectivity index (χ1) is 15.1. The Morgan fingerprint density at radius 1 is 0.484 bits per heavy atom. The van der Waals surface area contributed by atoms with Crippen molar-refractivity contribution in [2.24, 2.45) is 0 Å². The number of carbonyl (C=O) groups excluding carboxylic acids is 4. The number of hydrogen-bond donors (Lipinski definition) is 0. The molecular weight excluding hydrogens is 412 g/mol. The van der Waals surface area contributed by atoms with Gasteiger partial charge in [-0.1, -0.05) is 36.4 Å². The smallest absolute Gasteiger partial charge is 0.268 e. The minimum Gasteiger partial charge on any atom is -0.268 e. The molecule has 2 aliphatic rings. The van der Waals surface area contributed by atoms with Gasteiger partial charge in [-0.2, -0.15) is 0 Å². The molecule has 7 heteroatoms. The third-order valence-electron chi connectivity index (χ3n) is 5.55. The molecule has 0 unspecified atom stereocenters. The van der Waals surface area contributed by atoms with Crippen molar-refractivity contribution in [2.45, 2.75) is 0 Å². The number of para-hydroxylation sites is 2. The zero-order chi connectivity index (χ0) is 21.3. The van der Waals surface area contributed by atoms with E-state index in [1.807, 2.05) is 0 Å². The van der Waals surface area contributed by atoms with Crippen molar-refractivity contribution in [3.63, 3.8) is 0 Å². The van der Waals surface area contributed by atoms with Crippen molar-refractivity contribution in [1.82, 2.24) is 0 Å². The minimum absolute atomic E-state index is 0.293. The van der Waals surface area contributed by atoms with Crippen molar-refractivity contribution < 1.29 is 19.2 Å². The predicted octanol–water partition coefficient (Wildman–Crippen LogP) is 4.50. The molecule has 3 aromatic carbocycles. The SMILES string of the molecule is O=C1c2ccc3c4c(sc(c24)C(=O)N1c1ccccc1)C(=O)N(c1ccccc1)C3=O. The summed E-state index contributed by atoms with van der Waals surface area (Å²) in [6, 6.07) is 20.5. The monoisotopic (exact) mass is 424 g/mol. The van der Waals surface area contributed by atoms with Crippen LogP contribution >= 0.6 is 11.3 Å². The molecular formula is C24H12N2O4S. The topological polar surface area (TPSA) is 74.8 Å². The number of carbonyl (C=O) groups is 4. The molecule has 2 aliphatic heterocycles. The normalized spacial score (nSPS) is 15.2. The van der Waals surface area contributed by atoms with E-state index in [1.165, 1.54) is 0 Å². The van der Waals surface area contributed by atoms with Crippen LogP contribution in [0, 0.1) is 0 Å². The summed E-state index contributed by atoms with van der Waals surface area (Å²) in [6.45, 7) is 0. The lowest BCUT2D eigenvalue weighted by Gasteiger charge is -2.27. The summed E-state index contributed by atoms with van der Waals surface area (Å²) in [5.41, 5.74) is 1.54. The first-order valence-corrected chi connectivity index (χ1v) is 10.4. The van der Waals surface area contributed by atoms with Crippen LogP contribution in [-0.2, 0) is 0 Å². The van der Waals surface area contributed by atoms with Crippen LogP contribution in [0.5, 0.6) is 0 Å². The van der Waals surface area contributed by atoms with Crippen LogP contribution in [0.25, 0.3) is 10.8 Å². The molecule has 6 rings (SSSR count). The lowest BCUT2D eigenvalue weighted by molar-refractivity contribution is 0.0878. The van der Waals surface area contributed by atoms with E-state index in [-0.39, 0.29) is 0 Å². The number of nitrogens with zero attached hydrogens (tertiary/aromatic N) is 2. The van der Waals surface area contributed by atoms with Crippen LogP contribution in [0.1, 0.15) is 40.1 Å². The average Bonchev–Trinajstić information content (AvgIpc) is 3.20. The van der Waals surface area contributed by atoms with Crippen molar-refractivity contribution >= 4 is 57.1 Å². The first-order valence-electron chi connectivity index (χ1n) is 9.55. The summed E-state index contributed by atoms with van der Waals surface area (Å²) < 4.78 is 0. The molecule has 0 saturated carbocycles. The van der Waals surface area contributed by atoms with E-state index < -0.39 is 23.6 Å². The van der Waals surface area contributed by atoms with Gasteiger partial charge >= 0.3 is 0 Å². The van der Waals surface area contributed by atoms with Crippen LogP contribution in [0.2, 0.25) is 0 Å². The lowest BCUT2D eigenvalue weighted by Crippen LogP contribution is -2.41. The maximum atomic E-state index is 13.3. The number of rotatable bonds is 2. The molecule has 3 heterocycles. The number of imide groups is 2. The highest BCUT2D eigenvalue weighted by atomic mass is 32.1. The van der Waals surface area contributed by atoms with Crippen molar-refractivity contribution in [2.75, 3.05) is 9.80 Å². The van der Waals surface area contributed by atoms with E-state index in [4.69, 9.17) is 0 Å². The molecule has 148 valence electrons. The van der Waals surface area contributed by atoms with E-state index in [9.17, 15) is 19.2 Å². The number of benzene rings is 3. The number of thiophene rings is 1. The van der Waals surface area contributed by atoms with Crippen LogP contribution in [0.4, 0.5) is 11.4 Å². The second-order valence-electron chi connectivity index (χ2n) is 7.23. The fourth-order valence-corrected chi connectivity index (χ4v) is 5.38. The molecule has 4 aromatic rings. The quantitative estimate of drug-likeness (QED) is 0.444. The third-order valence-corrected chi connectivity index (χ3v) is 6.72. The molecule has 0 fully saturated rings. The molecule has 0 radical (unpaired) electrons. The van der Waals surface area contributed by atoms with Crippen LogP contribution in [-0.4, -0.2) is 23.6 Å². The Balaban J connectivity index is 1.60. The van der Waals surface area contributed by atoms with Crippen molar-refractivity contribution in [1.29, 1.82) is 0 Å². The molecule has 0 saturated heterocycles. The number of amides is 4. The van der Waals surface area contributed by atoms with Gasteiger partial charge in [-0.15, -0.1) is 11.3 Å². The predicted molar refractivity (Wildman–Crippen MR) is 117 cm³/mol. The molecule has 0 aliphatic carbocycles. The van der Waals surface area contributed by atoms with Gasteiger partial charge in [-0.05, 0) is 36.4 Å². The lowest BCUT2D eigenvalue weighted by atomic mass is 9.93. The van der Waals surface area contributed by atoms with Gasteiger partial charge in [0.25, 0.3) is 23.6 Å². The van der Waals surface area contributed by atoms with E-state index in [0.717, 1.165) is 21.1 Å². The van der Waals surface area contributed by atoms with Gasteiger partial charge in [0.1, 0.15) is 9.75 Å². The number of hydrogen-bond acceptors (Lipinski definition) is 5. The highest BCUT2D eigenvalue weighted by molar-refractivity contribution is 7.18. The second kappa shape index (κ2) is 6.20. The summed E-state index contributed by atoms with van der Waals surface area (Å²) in [5, 5.41) is 0.795. The van der Waals surface area contributed by atoms with Gasteiger partial charge in [0.15, 0.2) is 0 Å². The molecule has 4 amide bonds. The highest BCUT2D eigenvalue weighted by Crippen LogP contribution is 2.44. The second-order valence-corrected chi connectivity index (χ2v) is 8.25.